The molecule has 2 amide bonds. The van der Waals surface area contributed by atoms with Gasteiger partial charge in [0.05, 0.1) is 5.41 Å². The van der Waals surface area contributed by atoms with Crippen LogP contribution in [-0.4, -0.2) is 24.2 Å². The average molecular weight is 508 g/mol. The van der Waals surface area contributed by atoms with E-state index in [1.807, 2.05) is 6.92 Å². The highest BCUT2D eigenvalue weighted by molar-refractivity contribution is 5.95. The fraction of sp³-hybridized carbons (Fsp3) is 0.500. The molecular formula is C24H27F7N2O2. The maximum Gasteiger partial charge on any atom is 0.435 e. The minimum Gasteiger partial charge on any atom is -0.369 e. The van der Waals surface area contributed by atoms with Gasteiger partial charge in [0.1, 0.15) is 5.41 Å². The molecule has 2 rings (SSSR count). The summed E-state index contributed by atoms with van der Waals surface area (Å²) in [4.78, 5) is 25.0. The van der Waals surface area contributed by atoms with Gasteiger partial charge in [-0.3, -0.25) is 9.59 Å². The number of primary amides is 2. The maximum absolute atomic E-state index is 14.7. The lowest BCUT2D eigenvalue weighted by Gasteiger charge is -2.39. The summed E-state index contributed by atoms with van der Waals surface area (Å²) in [5, 5.41) is 0. The molecule has 0 spiro atoms. The number of unbranched alkanes of at least 4 members (excludes halogenated alkanes) is 1. The molecule has 0 saturated carbocycles. The fourth-order valence-corrected chi connectivity index (χ4v) is 4.79. The van der Waals surface area contributed by atoms with Crippen LogP contribution in [-0.2, 0) is 20.7 Å². The van der Waals surface area contributed by atoms with Gasteiger partial charge in [-0.05, 0) is 43.9 Å². The first-order valence-corrected chi connectivity index (χ1v) is 10.8. The number of amides is 2. The second-order valence-corrected chi connectivity index (χ2v) is 8.97. The fourth-order valence-electron chi connectivity index (χ4n) is 4.79. The smallest absolute Gasteiger partial charge is 0.369 e. The molecule has 2 atom stereocenters. The minimum atomic E-state index is -6.28. The van der Waals surface area contributed by atoms with Gasteiger partial charge in [0.25, 0.3) is 0 Å². The second-order valence-electron chi connectivity index (χ2n) is 8.97. The molecule has 1 aliphatic rings. The Morgan fingerprint density at radius 3 is 1.69 bits per heavy atom. The van der Waals surface area contributed by atoms with Gasteiger partial charge in [-0.2, -0.15) is 26.3 Å². The lowest BCUT2D eigenvalue weighted by Crippen LogP contribution is -2.50. The van der Waals surface area contributed by atoms with Gasteiger partial charge in [0.2, 0.25) is 11.8 Å². The van der Waals surface area contributed by atoms with Crippen molar-refractivity contribution in [2.45, 2.75) is 70.4 Å². The van der Waals surface area contributed by atoms with E-state index in [9.17, 15) is 40.3 Å². The molecule has 1 aliphatic carbocycles. The van der Waals surface area contributed by atoms with E-state index < -0.39 is 46.2 Å². The van der Waals surface area contributed by atoms with Gasteiger partial charge in [-0.1, -0.05) is 55.7 Å². The number of rotatable bonds is 7. The number of nitrogens with two attached hydrogens (primary N) is 2. The summed E-state index contributed by atoms with van der Waals surface area (Å²) in [6.07, 6.45) is -6.85. The zero-order valence-corrected chi connectivity index (χ0v) is 19.6. The van der Waals surface area contributed by atoms with Crippen molar-refractivity contribution in [3.05, 3.63) is 58.2 Å². The van der Waals surface area contributed by atoms with Crippen LogP contribution in [0.1, 0.15) is 55.4 Å². The van der Waals surface area contributed by atoms with Gasteiger partial charge in [0, 0.05) is 5.56 Å². The van der Waals surface area contributed by atoms with Gasteiger partial charge >= 0.3 is 18.0 Å². The van der Waals surface area contributed by atoms with Crippen LogP contribution in [0.3, 0.4) is 0 Å². The van der Waals surface area contributed by atoms with Gasteiger partial charge in [0.15, 0.2) is 0 Å². The highest BCUT2D eigenvalue weighted by atomic mass is 19.4. The molecule has 0 radical (unpaired) electrons. The molecule has 0 aromatic heterocycles. The highest BCUT2D eigenvalue weighted by Gasteiger charge is 2.73. The van der Waals surface area contributed by atoms with Crippen LogP contribution in [0.5, 0.6) is 0 Å². The Balaban J connectivity index is 2.81. The monoisotopic (exact) mass is 508 g/mol. The third-order valence-corrected chi connectivity index (χ3v) is 6.68. The molecule has 4 N–H and O–H groups in total. The second kappa shape index (κ2) is 8.98. The lowest BCUT2D eigenvalue weighted by molar-refractivity contribution is -0.348. The molecule has 2 unspecified atom stereocenters. The number of aryl methyl sites for hydroxylation is 2. The predicted octanol–water partition coefficient (Wildman–Crippen LogP) is 5.49. The van der Waals surface area contributed by atoms with E-state index in [1.165, 1.54) is 18.2 Å². The van der Waals surface area contributed by atoms with Gasteiger partial charge < -0.3 is 11.5 Å². The summed E-state index contributed by atoms with van der Waals surface area (Å²) in [7, 11) is 0. The van der Waals surface area contributed by atoms with Crippen molar-refractivity contribution in [2.24, 2.45) is 16.9 Å². The predicted molar refractivity (Wildman–Crippen MR) is 116 cm³/mol. The zero-order valence-electron chi connectivity index (χ0n) is 19.6. The van der Waals surface area contributed by atoms with Crippen LogP contribution in [0, 0.1) is 19.3 Å². The van der Waals surface area contributed by atoms with Crippen LogP contribution in [0.2, 0.25) is 0 Å². The van der Waals surface area contributed by atoms with E-state index in [4.69, 9.17) is 11.5 Å². The Kier molecular flexibility index (Phi) is 7.28. The summed E-state index contributed by atoms with van der Waals surface area (Å²) in [6.45, 7) is 5.76. The van der Waals surface area contributed by atoms with Crippen molar-refractivity contribution in [1.29, 1.82) is 0 Å². The summed E-state index contributed by atoms with van der Waals surface area (Å²) < 4.78 is 94.4. The Bertz CT molecular complexity index is 1050. The SMILES string of the molecule is CCCCC1(C(N)=O)C=CC(C(N)=O)(c2c(C)cc(C(F)(C(F)(F)F)C(F)(F)F)cc2C)C=C1C. The molecule has 0 fully saturated rings. The molecule has 0 heterocycles. The molecule has 4 nitrogen and oxygen atoms in total. The summed E-state index contributed by atoms with van der Waals surface area (Å²) in [6, 6.07) is 0.829. The normalized spacial score (nSPS) is 23.2. The van der Waals surface area contributed by atoms with Crippen molar-refractivity contribution >= 4 is 11.8 Å². The van der Waals surface area contributed by atoms with Crippen molar-refractivity contribution in [1.82, 2.24) is 0 Å². The van der Waals surface area contributed by atoms with Crippen molar-refractivity contribution in [3.8, 4) is 0 Å². The average Bonchev–Trinajstić information content (AvgIpc) is 2.70. The van der Waals surface area contributed by atoms with Gasteiger partial charge in [-0.25, -0.2) is 4.39 Å². The molecule has 0 saturated heterocycles. The third-order valence-electron chi connectivity index (χ3n) is 6.68. The third kappa shape index (κ3) is 4.33. The highest BCUT2D eigenvalue weighted by Crippen LogP contribution is 2.54. The van der Waals surface area contributed by atoms with Crippen molar-refractivity contribution in [2.75, 3.05) is 0 Å². The maximum atomic E-state index is 14.7. The number of hydrogen-bond donors (Lipinski definition) is 2. The summed E-state index contributed by atoms with van der Waals surface area (Å²) in [5.41, 5.74) is 0.897. The van der Waals surface area contributed by atoms with Crippen LogP contribution in [0.15, 0.2) is 35.9 Å². The summed E-state index contributed by atoms with van der Waals surface area (Å²) in [5.74, 6) is -1.67. The first kappa shape index (κ1) is 28.4. The van der Waals surface area contributed by atoms with E-state index in [0.717, 1.165) is 20.3 Å². The number of carbonyl (C=O) groups is 2. The molecule has 35 heavy (non-hydrogen) atoms. The molecule has 0 bridgehead atoms. The Morgan fingerprint density at radius 1 is 0.857 bits per heavy atom. The largest absolute Gasteiger partial charge is 0.435 e. The zero-order chi connectivity index (χ0) is 27.2. The number of carbonyl (C=O) groups excluding carboxylic acids is 2. The van der Waals surface area contributed by atoms with E-state index in [-0.39, 0.29) is 16.7 Å². The standard InChI is InChI=1S/C24H27F7N2O2/c1-5-6-7-20(18(32)34)8-9-21(19(33)35,12-15(20)4)17-13(2)10-16(11-14(17)3)22(25,23(26,27)28)24(29,30)31/h8-12H,5-7H2,1-4H3,(H2,32,34)(H2,33,35). The van der Waals surface area contributed by atoms with Crippen molar-refractivity contribution in [3.63, 3.8) is 0 Å². The number of benzene rings is 1. The van der Waals surface area contributed by atoms with E-state index in [0.29, 0.717) is 30.5 Å². The molecule has 194 valence electrons. The van der Waals surface area contributed by atoms with Crippen LogP contribution >= 0.6 is 0 Å². The van der Waals surface area contributed by atoms with Crippen LogP contribution < -0.4 is 11.5 Å². The Labute approximate surface area is 198 Å². The Morgan fingerprint density at radius 2 is 1.34 bits per heavy atom. The van der Waals surface area contributed by atoms with Crippen molar-refractivity contribution < 1.29 is 40.3 Å². The molecule has 1 aromatic carbocycles. The lowest BCUT2D eigenvalue weighted by atomic mass is 9.63. The number of hydrogen-bond acceptors (Lipinski definition) is 2. The van der Waals surface area contributed by atoms with Crippen LogP contribution in [0.4, 0.5) is 30.7 Å². The number of alkyl halides is 7. The molecule has 11 heteroatoms. The molecule has 1 aromatic rings. The van der Waals surface area contributed by atoms with Gasteiger partial charge in [-0.15, -0.1) is 0 Å². The quantitative estimate of drug-likeness (QED) is 0.377. The molecular weight excluding hydrogens is 481 g/mol. The molecule has 0 aliphatic heterocycles. The topological polar surface area (TPSA) is 86.2 Å². The minimum absolute atomic E-state index is 0.00962. The first-order chi connectivity index (χ1) is 15.8. The van der Waals surface area contributed by atoms with Crippen LogP contribution in [0.25, 0.3) is 0 Å². The Hall–Kier alpha value is -2.85. The number of halogens is 7. The van der Waals surface area contributed by atoms with E-state index in [2.05, 4.69) is 0 Å². The first-order valence-electron chi connectivity index (χ1n) is 10.8. The summed E-state index contributed by atoms with van der Waals surface area (Å²) >= 11 is 0. The van der Waals surface area contributed by atoms with E-state index in [1.54, 1.807) is 6.92 Å². The van der Waals surface area contributed by atoms with E-state index >= 15 is 0 Å².